The number of ether oxygens (including phenoxy) is 1. The number of H-pyrrole nitrogens is 1. The number of hydrogen-bond donors (Lipinski definition) is 2. The molecule has 9 nitrogen and oxygen atoms in total. The first-order chi connectivity index (χ1) is 16.5. The first kappa shape index (κ1) is 25.3. The Balaban J connectivity index is 1.83. The van der Waals surface area contributed by atoms with Crippen LogP contribution in [0.1, 0.15) is 65.1 Å². The largest absolute Gasteiger partial charge is 0.494 e. The van der Waals surface area contributed by atoms with E-state index in [1.165, 1.54) is 0 Å². The number of fused-ring (bicyclic) bond motifs is 1. The van der Waals surface area contributed by atoms with E-state index in [2.05, 4.69) is 22.2 Å². The number of aryl methyl sites for hydroxylation is 3. The van der Waals surface area contributed by atoms with E-state index in [-0.39, 0.29) is 12.3 Å². The molecule has 1 amide bonds. The third-order valence-electron chi connectivity index (χ3n) is 5.71. The first-order valence-corrected chi connectivity index (χ1v) is 12.2. The second kappa shape index (κ2) is 12.2. The lowest BCUT2D eigenvalue weighted by Crippen LogP contribution is -2.31. The van der Waals surface area contributed by atoms with Crippen LogP contribution in [0.15, 0.2) is 33.9 Å². The molecule has 2 N–H and O–H groups in total. The number of benzene rings is 1. The summed E-state index contributed by atoms with van der Waals surface area (Å²) >= 11 is 0. The lowest BCUT2D eigenvalue weighted by atomic mass is 10.2. The number of nitrogens with zero attached hydrogens (tertiary/aromatic N) is 3. The first-order valence-electron chi connectivity index (χ1n) is 12.2. The standard InChI is InChI=1S/C25H35N5O4/c1-4-7-9-17-29-20(14-15-21(31)26-18-10-12-19(13-11-18)34-6-3)27-23-22(29)24(32)28-25(33)30(23)16-8-5-2/h10-13H,4-9,14-17H2,1-3H3,(H,26,31)(H,28,32,33). The third kappa shape index (κ3) is 6.15. The fourth-order valence-corrected chi connectivity index (χ4v) is 3.94. The van der Waals surface area contributed by atoms with Crippen LogP contribution in [0, 0.1) is 0 Å². The average molecular weight is 470 g/mol. The molecule has 3 rings (SSSR count). The maximum Gasteiger partial charge on any atom is 0.330 e. The minimum Gasteiger partial charge on any atom is -0.494 e. The van der Waals surface area contributed by atoms with Gasteiger partial charge in [0.15, 0.2) is 11.2 Å². The molecule has 0 atom stereocenters. The Morgan fingerprint density at radius 2 is 1.71 bits per heavy atom. The molecule has 184 valence electrons. The van der Waals surface area contributed by atoms with Gasteiger partial charge in [-0.1, -0.05) is 33.1 Å². The Hall–Kier alpha value is -3.36. The van der Waals surface area contributed by atoms with Gasteiger partial charge >= 0.3 is 5.69 Å². The van der Waals surface area contributed by atoms with E-state index in [0.29, 0.717) is 48.8 Å². The van der Waals surface area contributed by atoms with Crippen molar-refractivity contribution in [1.29, 1.82) is 0 Å². The van der Waals surface area contributed by atoms with Gasteiger partial charge in [-0.05, 0) is 44.0 Å². The lowest BCUT2D eigenvalue weighted by Gasteiger charge is -2.10. The normalized spacial score (nSPS) is 11.1. The molecule has 0 aliphatic heterocycles. The van der Waals surface area contributed by atoms with Crippen molar-refractivity contribution in [2.45, 2.75) is 78.8 Å². The molecule has 0 unspecified atom stereocenters. The molecule has 0 aliphatic carbocycles. The molecule has 0 fully saturated rings. The Labute approximate surface area is 199 Å². The number of anilines is 1. The van der Waals surface area contributed by atoms with Crippen LogP contribution >= 0.6 is 0 Å². The second-order valence-electron chi connectivity index (χ2n) is 8.33. The maximum atomic E-state index is 12.7. The van der Waals surface area contributed by atoms with E-state index in [0.717, 1.165) is 37.9 Å². The summed E-state index contributed by atoms with van der Waals surface area (Å²) in [5, 5.41) is 2.89. The molecule has 34 heavy (non-hydrogen) atoms. The molecule has 0 radical (unpaired) electrons. The molecule has 1 aromatic carbocycles. The number of aromatic amines is 1. The Bertz CT molecular complexity index is 1210. The van der Waals surface area contributed by atoms with Gasteiger partial charge < -0.3 is 14.6 Å². The van der Waals surface area contributed by atoms with Crippen LogP contribution in [0.3, 0.4) is 0 Å². The third-order valence-corrected chi connectivity index (χ3v) is 5.71. The molecule has 0 saturated carbocycles. The van der Waals surface area contributed by atoms with Gasteiger partial charge in [-0.3, -0.25) is 19.1 Å². The number of hydrogen-bond acceptors (Lipinski definition) is 5. The van der Waals surface area contributed by atoms with Crippen molar-refractivity contribution in [2.75, 3.05) is 11.9 Å². The average Bonchev–Trinajstić information content (AvgIpc) is 3.18. The SMILES string of the molecule is CCCCCn1c(CCC(=O)Nc2ccc(OCC)cc2)nc2c1c(=O)[nH]c(=O)n2CCCC. The summed E-state index contributed by atoms with van der Waals surface area (Å²) in [6, 6.07) is 7.23. The summed E-state index contributed by atoms with van der Waals surface area (Å²) in [4.78, 5) is 44.9. The summed E-state index contributed by atoms with van der Waals surface area (Å²) in [7, 11) is 0. The van der Waals surface area contributed by atoms with Crippen LogP contribution < -0.4 is 21.3 Å². The van der Waals surface area contributed by atoms with Crippen molar-refractivity contribution in [2.24, 2.45) is 0 Å². The predicted octanol–water partition coefficient (Wildman–Crippen LogP) is 3.85. The highest BCUT2D eigenvalue weighted by Crippen LogP contribution is 2.18. The molecule has 0 saturated heterocycles. The van der Waals surface area contributed by atoms with Gasteiger partial charge in [0.2, 0.25) is 5.91 Å². The zero-order valence-corrected chi connectivity index (χ0v) is 20.4. The van der Waals surface area contributed by atoms with Crippen molar-refractivity contribution in [3.8, 4) is 5.75 Å². The number of amides is 1. The summed E-state index contributed by atoms with van der Waals surface area (Å²) < 4.78 is 8.86. The number of carbonyl (C=O) groups excluding carboxylic acids is 1. The minimum absolute atomic E-state index is 0.145. The minimum atomic E-state index is -0.441. The number of unbranched alkanes of at least 4 members (excludes halogenated alkanes) is 3. The van der Waals surface area contributed by atoms with Crippen molar-refractivity contribution >= 4 is 22.8 Å². The highest BCUT2D eigenvalue weighted by Gasteiger charge is 2.19. The summed E-state index contributed by atoms with van der Waals surface area (Å²) in [6.07, 6.45) is 5.26. The quantitative estimate of drug-likeness (QED) is 0.370. The van der Waals surface area contributed by atoms with Gasteiger partial charge in [0, 0.05) is 31.6 Å². The Kier molecular flexibility index (Phi) is 9.07. The van der Waals surface area contributed by atoms with Crippen LogP contribution in [-0.4, -0.2) is 31.6 Å². The van der Waals surface area contributed by atoms with Crippen LogP contribution in [-0.2, 0) is 24.3 Å². The van der Waals surface area contributed by atoms with E-state index < -0.39 is 11.2 Å². The van der Waals surface area contributed by atoms with Gasteiger partial charge in [-0.25, -0.2) is 9.78 Å². The molecular formula is C25H35N5O4. The van der Waals surface area contributed by atoms with Crippen LogP contribution in [0.2, 0.25) is 0 Å². The maximum absolute atomic E-state index is 12.7. The predicted molar refractivity (Wildman–Crippen MR) is 134 cm³/mol. The van der Waals surface area contributed by atoms with Gasteiger partial charge in [0.05, 0.1) is 6.61 Å². The van der Waals surface area contributed by atoms with Gasteiger partial charge in [0.1, 0.15) is 11.6 Å². The van der Waals surface area contributed by atoms with Gasteiger partial charge in [0.25, 0.3) is 5.56 Å². The van der Waals surface area contributed by atoms with Crippen LogP contribution in [0.25, 0.3) is 11.2 Å². The van der Waals surface area contributed by atoms with Crippen LogP contribution in [0.4, 0.5) is 5.69 Å². The van der Waals surface area contributed by atoms with Crippen molar-refractivity contribution in [1.82, 2.24) is 19.1 Å². The summed E-state index contributed by atoms with van der Waals surface area (Å²) in [5.74, 6) is 1.25. The van der Waals surface area contributed by atoms with E-state index in [9.17, 15) is 14.4 Å². The van der Waals surface area contributed by atoms with E-state index in [1.807, 2.05) is 30.5 Å². The van der Waals surface area contributed by atoms with Crippen molar-refractivity contribution in [3.63, 3.8) is 0 Å². The second-order valence-corrected chi connectivity index (χ2v) is 8.33. The summed E-state index contributed by atoms with van der Waals surface area (Å²) in [5.41, 5.74) is 0.634. The Morgan fingerprint density at radius 1 is 1.00 bits per heavy atom. The molecular weight excluding hydrogens is 434 g/mol. The highest BCUT2D eigenvalue weighted by atomic mass is 16.5. The molecule has 0 spiro atoms. The Morgan fingerprint density at radius 3 is 2.38 bits per heavy atom. The number of imidazole rings is 1. The summed E-state index contributed by atoms with van der Waals surface area (Å²) in [6.45, 7) is 7.78. The zero-order chi connectivity index (χ0) is 24.5. The number of rotatable bonds is 13. The van der Waals surface area contributed by atoms with Crippen molar-refractivity contribution < 1.29 is 9.53 Å². The van der Waals surface area contributed by atoms with Crippen LogP contribution in [0.5, 0.6) is 5.75 Å². The van der Waals surface area contributed by atoms with E-state index in [4.69, 9.17) is 4.74 Å². The monoisotopic (exact) mass is 469 g/mol. The molecule has 0 aliphatic rings. The zero-order valence-electron chi connectivity index (χ0n) is 20.4. The van der Waals surface area contributed by atoms with Crippen molar-refractivity contribution in [3.05, 3.63) is 50.9 Å². The fourth-order valence-electron chi connectivity index (χ4n) is 3.94. The number of aromatic nitrogens is 4. The van der Waals surface area contributed by atoms with E-state index >= 15 is 0 Å². The highest BCUT2D eigenvalue weighted by molar-refractivity contribution is 5.90. The lowest BCUT2D eigenvalue weighted by molar-refractivity contribution is -0.116. The smallest absolute Gasteiger partial charge is 0.330 e. The topological polar surface area (TPSA) is 111 Å². The fraction of sp³-hybridized carbons (Fsp3) is 0.520. The molecule has 3 aromatic rings. The number of carbonyl (C=O) groups is 1. The van der Waals surface area contributed by atoms with Gasteiger partial charge in [-0.2, -0.15) is 0 Å². The number of nitrogens with one attached hydrogen (secondary N) is 2. The van der Waals surface area contributed by atoms with Gasteiger partial charge in [-0.15, -0.1) is 0 Å². The molecule has 2 heterocycles. The van der Waals surface area contributed by atoms with E-state index in [1.54, 1.807) is 16.7 Å². The molecule has 2 aromatic heterocycles. The molecule has 0 bridgehead atoms. The molecule has 9 heteroatoms.